The number of hydrogen-bond donors (Lipinski definition) is 1. The Balaban J connectivity index is 1.95. The molecule has 1 N–H and O–H groups in total. The summed E-state index contributed by atoms with van der Waals surface area (Å²) in [7, 11) is 0. The highest BCUT2D eigenvalue weighted by Crippen LogP contribution is 2.20. The van der Waals surface area contributed by atoms with Crippen LogP contribution in [0.1, 0.15) is 38.8 Å². The fourth-order valence-electron chi connectivity index (χ4n) is 2.87. The van der Waals surface area contributed by atoms with Gasteiger partial charge in [-0.2, -0.15) is 0 Å². The van der Waals surface area contributed by atoms with E-state index in [1.165, 1.54) is 6.07 Å². The molecule has 0 aliphatic carbocycles. The summed E-state index contributed by atoms with van der Waals surface area (Å²) in [6.07, 6.45) is 0.947. The van der Waals surface area contributed by atoms with E-state index in [0.717, 1.165) is 44.8 Å². The third-order valence-corrected chi connectivity index (χ3v) is 4.31. The van der Waals surface area contributed by atoms with Crippen LogP contribution in [0.2, 0.25) is 0 Å². The Hall–Kier alpha value is -0.970. The van der Waals surface area contributed by atoms with Gasteiger partial charge in [0, 0.05) is 31.2 Å². The van der Waals surface area contributed by atoms with Gasteiger partial charge >= 0.3 is 0 Å². The Morgan fingerprint density at radius 3 is 2.67 bits per heavy atom. The van der Waals surface area contributed by atoms with Crippen molar-refractivity contribution < 1.29 is 9.13 Å². The second-order valence-electron chi connectivity index (χ2n) is 6.31. The summed E-state index contributed by atoms with van der Waals surface area (Å²) in [6, 6.07) is 7.09. The van der Waals surface area contributed by atoms with Gasteiger partial charge in [-0.3, -0.25) is 4.90 Å². The van der Waals surface area contributed by atoms with Gasteiger partial charge in [-0.1, -0.05) is 19.1 Å². The Morgan fingerprint density at radius 2 is 2.05 bits per heavy atom. The van der Waals surface area contributed by atoms with Crippen molar-refractivity contribution in [2.24, 2.45) is 0 Å². The number of nitrogens with zero attached hydrogens (tertiary/aromatic N) is 1. The predicted octanol–water partition coefficient (Wildman–Crippen LogP) is 2.98. The highest BCUT2D eigenvalue weighted by atomic mass is 19.1. The van der Waals surface area contributed by atoms with Gasteiger partial charge < -0.3 is 10.1 Å². The number of morpholine rings is 1. The summed E-state index contributed by atoms with van der Waals surface area (Å²) in [5.41, 5.74) is 1.10. The molecular formula is C17H27FN2O. The molecule has 118 valence electrons. The second-order valence-corrected chi connectivity index (χ2v) is 6.31. The van der Waals surface area contributed by atoms with Crippen molar-refractivity contribution in [3.8, 4) is 0 Å². The minimum absolute atomic E-state index is 0.0739. The van der Waals surface area contributed by atoms with Gasteiger partial charge in [0.2, 0.25) is 0 Å². The Bertz CT molecular complexity index is 444. The molecule has 3 nitrogen and oxygen atoms in total. The lowest BCUT2D eigenvalue weighted by Crippen LogP contribution is -2.55. The van der Waals surface area contributed by atoms with E-state index in [9.17, 15) is 4.39 Å². The van der Waals surface area contributed by atoms with Gasteiger partial charge in [0.25, 0.3) is 0 Å². The molecule has 1 atom stereocenters. The first-order chi connectivity index (χ1) is 10.0. The van der Waals surface area contributed by atoms with Gasteiger partial charge in [-0.15, -0.1) is 0 Å². The third-order valence-electron chi connectivity index (χ3n) is 4.31. The first-order valence-electron chi connectivity index (χ1n) is 7.84. The first-order valence-corrected chi connectivity index (χ1v) is 7.84. The van der Waals surface area contributed by atoms with E-state index < -0.39 is 0 Å². The quantitative estimate of drug-likeness (QED) is 0.873. The van der Waals surface area contributed by atoms with E-state index >= 15 is 0 Å². The van der Waals surface area contributed by atoms with Crippen LogP contribution >= 0.6 is 0 Å². The minimum Gasteiger partial charge on any atom is -0.379 e. The van der Waals surface area contributed by atoms with Crippen LogP contribution in [0.5, 0.6) is 0 Å². The highest BCUT2D eigenvalue weighted by Gasteiger charge is 2.28. The molecule has 0 saturated carbocycles. The molecule has 0 bridgehead atoms. The number of benzene rings is 1. The summed E-state index contributed by atoms with van der Waals surface area (Å²) in [6.45, 7) is 11.1. The van der Waals surface area contributed by atoms with E-state index in [0.29, 0.717) is 0 Å². The Labute approximate surface area is 127 Å². The topological polar surface area (TPSA) is 24.5 Å². The maximum absolute atomic E-state index is 13.4. The van der Waals surface area contributed by atoms with Crippen molar-refractivity contribution in [1.29, 1.82) is 0 Å². The molecule has 1 aromatic carbocycles. The van der Waals surface area contributed by atoms with Gasteiger partial charge in [0.05, 0.1) is 13.2 Å². The minimum atomic E-state index is -0.166. The standard InChI is InChI=1S/C17H27FN2O/c1-4-16(14-6-5-7-15(18)12-14)19-13-17(2,3)20-8-10-21-11-9-20/h5-7,12,16,19H,4,8-11,13H2,1-3H3. The van der Waals surface area contributed by atoms with Crippen LogP contribution in [0.4, 0.5) is 4.39 Å². The third kappa shape index (κ3) is 4.50. The van der Waals surface area contributed by atoms with Crippen molar-refractivity contribution in [1.82, 2.24) is 10.2 Å². The van der Waals surface area contributed by atoms with Crippen molar-refractivity contribution in [2.45, 2.75) is 38.8 Å². The molecule has 21 heavy (non-hydrogen) atoms. The molecular weight excluding hydrogens is 267 g/mol. The summed E-state index contributed by atoms with van der Waals surface area (Å²) < 4.78 is 18.8. The van der Waals surface area contributed by atoms with Crippen LogP contribution < -0.4 is 5.32 Å². The highest BCUT2D eigenvalue weighted by molar-refractivity contribution is 5.20. The number of hydrogen-bond acceptors (Lipinski definition) is 3. The molecule has 4 heteroatoms. The number of halogens is 1. The van der Waals surface area contributed by atoms with Crippen molar-refractivity contribution in [3.63, 3.8) is 0 Å². The lowest BCUT2D eigenvalue weighted by atomic mass is 9.99. The average molecular weight is 294 g/mol. The van der Waals surface area contributed by atoms with E-state index in [2.05, 4.69) is 31.0 Å². The summed E-state index contributed by atoms with van der Waals surface area (Å²) in [4.78, 5) is 2.46. The van der Waals surface area contributed by atoms with Gasteiger partial charge in [0.15, 0.2) is 0 Å². The van der Waals surface area contributed by atoms with Crippen LogP contribution in [0.15, 0.2) is 24.3 Å². The number of rotatable bonds is 6. The number of ether oxygens (including phenoxy) is 1. The molecule has 0 aromatic heterocycles. The van der Waals surface area contributed by atoms with E-state index in [1.54, 1.807) is 12.1 Å². The zero-order valence-corrected chi connectivity index (χ0v) is 13.4. The van der Waals surface area contributed by atoms with Crippen molar-refractivity contribution in [2.75, 3.05) is 32.8 Å². The van der Waals surface area contributed by atoms with Crippen LogP contribution in [-0.4, -0.2) is 43.3 Å². The van der Waals surface area contributed by atoms with Crippen LogP contribution in [-0.2, 0) is 4.74 Å². The van der Waals surface area contributed by atoms with Crippen LogP contribution in [0.3, 0.4) is 0 Å². The molecule has 1 heterocycles. The van der Waals surface area contributed by atoms with Crippen LogP contribution in [0, 0.1) is 5.82 Å². The van der Waals surface area contributed by atoms with Crippen LogP contribution in [0.25, 0.3) is 0 Å². The maximum Gasteiger partial charge on any atom is 0.123 e. The van der Waals surface area contributed by atoms with Gasteiger partial charge in [-0.05, 0) is 38.0 Å². The SMILES string of the molecule is CCC(NCC(C)(C)N1CCOCC1)c1cccc(F)c1. The predicted molar refractivity (Wildman–Crippen MR) is 83.9 cm³/mol. The summed E-state index contributed by atoms with van der Waals surface area (Å²) in [5, 5.41) is 3.60. The number of nitrogens with one attached hydrogen (secondary N) is 1. The molecule has 1 aliphatic heterocycles. The smallest absolute Gasteiger partial charge is 0.123 e. The molecule has 1 unspecified atom stereocenters. The normalized spacial score (nSPS) is 18.7. The molecule has 1 aliphatic rings. The summed E-state index contributed by atoms with van der Waals surface area (Å²) in [5.74, 6) is -0.166. The Kier molecular flexibility index (Phi) is 5.73. The lowest BCUT2D eigenvalue weighted by Gasteiger charge is -2.41. The second kappa shape index (κ2) is 7.34. The van der Waals surface area contributed by atoms with E-state index in [-0.39, 0.29) is 17.4 Å². The molecule has 1 saturated heterocycles. The van der Waals surface area contributed by atoms with E-state index in [4.69, 9.17) is 4.74 Å². The molecule has 0 radical (unpaired) electrons. The fourth-order valence-corrected chi connectivity index (χ4v) is 2.87. The zero-order chi connectivity index (χ0) is 15.3. The fraction of sp³-hybridized carbons (Fsp3) is 0.647. The molecule has 1 fully saturated rings. The Morgan fingerprint density at radius 1 is 1.33 bits per heavy atom. The average Bonchev–Trinajstić information content (AvgIpc) is 2.49. The van der Waals surface area contributed by atoms with Gasteiger partial charge in [-0.25, -0.2) is 4.39 Å². The lowest BCUT2D eigenvalue weighted by molar-refractivity contribution is -0.0104. The molecule has 2 rings (SSSR count). The summed E-state index contributed by atoms with van der Waals surface area (Å²) >= 11 is 0. The van der Waals surface area contributed by atoms with Crippen molar-refractivity contribution >= 4 is 0 Å². The van der Waals surface area contributed by atoms with Gasteiger partial charge in [0.1, 0.15) is 5.82 Å². The van der Waals surface area contributed by atoms with Crippen molar-refractivity contribution in [3.05, 3.63) is 35.6 Å². The molecule has 0 amide bonds. The maximum atomic E-state index is 13.4. The monoisotopic (exact) mass is 294 g/mol. The largest absolute Gasteiger partial charge is 0.379 e. The first kappa shape index (κ1) is 16.4. The molecule has 1 aromatic rings. The molecule has 0 spiro atoms. The zero-order valence-electron chi connectivity index (χ0n) is 13.4. The van der Waals surface area contributed by atoms with E-state index in [1.807, 2.05) is 6.07 Å².